The number of nitrogens with zero attached hydrogens (tertiary/aromatic N) is 7. The number of aryl methyl sites for hydroxylation is 3. The van der Waals surface area contributed by atoms with Crippen molar-refractivity contribution in [3.05, 3.63) is 99.3 Å². The molecular weight excluding hydrogens is 728 g/mol. The lowest BCUT2D eigenvalue weighted by molar-refractivity contribution is -0.138. The van der Waals surface area contributed by atoms with E-state index in [1.807, 2.05) is 32.0 Å². The van der Waals surface area contributed by atoms with E-state index in [9.17, 15) is 24.0 Å². The first-order valence-electron chi connectivity index (χ1n) is 16.9. The number of piperidine rings is 1. The van der Waals surface area contributed by atoms with Crippen LogP contribution in [0.4, 0.5) is 5.82 Å². The normalized spacial score (nSPS) is 20.3. The van der Waals surface area contributed by atoms with E-state index in [0.29, 0.717) is 44.7 Å². The number of rotatable bonds is 8. The number of fused-ring (bicyclic) bond motifs is 3. The maximum atomic E-state index is 14.5. The Hall–Kier alpha value is -5.63. The van der Waals surface area contributed by atoms with Crippen LogP contribution >= 0.6 is 15.9 Å². The van der Waals surface area contributed by atoms with Crippen LogP contribution in [0.1, 0.15) is 67.9 Å². The van der Waals surface area contributed by atoms with Crippen molar-refractivity contribution in [3.63, 3.8) is 0 Å². The van der Waals surface area contributed by atoms with Gasteiger partial charge in [0, 0.05) is 48.3 Å². The van der Waals surface area contributed by atoms with Crippen molar-refractivity contribution in [2.75, 3.05) is 11.9 Å². The van der Waals surface area contributed by atoms with Gasteiger partial charge in [-0.25, -0.2) is 15.0 Å². The second kappa shape index (κ2) is 12.3. The molecule has 1 aliphatic carbocycles. The summed E-state index contributed by atoms with van der Waals surface area (Å²) in [5.74, 6) is -0.827. The van der Waals surface area contributed by atoms with Gasteiger partial charge in [-0.2, -0.15) is 5.10 Å². The van der Waals surface area contributed by atoms with Gasteiger partial charge in [0.05, 0.1) is 16.6 Å². The van der Waals surface area contributed by atoms with Gasteiger partial charge in [0.1, 0.15) is 34.5 Å². The molecule has 8 rings (SSSR count). The smallest absolute Gasteiger partial charge is 0.261 e. The van der Waals surface area contributed by atoms with Gasteiger partial charge in [0.2, 0.25) is 11.8 Å². The second-order valence-corrected chi connectivity index (χ2v) is 14.7. The number of carbonyl (C=O) groups is 5. The first-order valence-corrected chi connectivity index (χ1v) is 17.7. The van der Waals surface area contributed by atoms with Crippen LogP contribution in [0, 0.1) is 26.2 Å². The van der Waals surface area contributed by atoms with Crippen molar-refractivity contribution in [2.45, 2.75) is 59.2 Å². The molecule has 3 aliphatic rings. The first kappa shape index (κ1) is 33.5. The van der Waals surface area contributed by atoms with Crippen LogP contribution < -0.4 is 5.32 Å². The Bertz CT molecular complexity index is 2360. The van der Waals surface area contributed by atoms with Gasteiger partial charge in [0.25, 0.3) is 11.8 Å². The Morgan fingerprint density at radius 2 is 1.62 bits per heavy atom. The second-order valence-electron chi connectivity index (χ2n) is 13.9. The monoisotopic (exact) mass is 760 g/mol. The zero-order chi connectivity index (χ0) is 36.6. The van der Waals surface area contributed by atoms with Crippen molar-refractivity contribution in [1.29, 1.82) is 0 Å². The molecule has 52 heavy (non-hydrogen) atoms. The van der Waals surface area contributed by atoms with Crippen molar-refractivity contribution in [2.24, 2.45) is 5.41 Å². The number of halogens is 1. The van der Waals surface area contributed by atoms with Crippen molar-refractivity contribution < 1.29 is 24.0 Å². The molecule has 0 spiro atoms. The maximum absolute atomic E-state index is 14.5. The third-order valence-electron chi connectivity index (χ3n) is 10.4. The molecule has 2 aromatic carbocycles. The molecule has 262 valence electrons. The molecule has 5 aromatic rings. The lowest BCUT2D eigenvalue weighted by Gasteiger charge is -2.27. The van der Waals surface area contributed by atoms with Crippen molar-refractivity contribution in [1.82, 2.24) is 34.5 Å². The molecule has 0 unspecified atom stereocenters. The number of ketones is 1. The molecule has 4 amide bonds. The average molecular weight is 762 g/mol. The van der Waals surface area contributed by atoms with Crippen LogP contribution in [0.3, 0.4) is 0 Å². The summed E-state index contributed by atoms with van der Waals surface area (Å²) in [6.45, 7) is 6.78. The third kappa shape index (κ3) is 5.48. The Morgan fingerprint density at radius 1 is 0.923 bits per heavy atom. The van der Waals surface area contributed by atoms with Crippen LogP contribution in [0.5, 0.6) is 0 Å². The van der Waals surface area contributed by atoms with Crippen molar-refractivity contribution >= 4 is 62.1 Å². The van der Waals surface area contributed by atoms with Gasteiger partial charge in [0.15, 0.2) is 5.78 Å². The average Bonchev–Trinajstić information content (AvgIpc) is 3.39. The van der Waals surface area contributed by atoms with E-state index in [2.05, 4.69) is 41.3 Å². The summed E-state index contributed by atoms with van der Waals surface area (Å²) < 4.78 is 2.07. The number of hydrogen-bond donors (Lipinski definition) is 1. The van der Waals surface area contributed by atoms with Crippen molar-refractivity contribution in [3.8, 4) is 11.1 Å². The van der Waals surface area contributed by atoms with E-state index >= 15 is 0 Å². The van der Waals surface area contributed by atoms with E-state index in [1.54, 1.807) is 54.5 Å². The molecular formula is C38H33BrN8O5. The van der Waals surface area contributed by atoms with Gasteiger partial charge in [-0.3, -0.25) is 33.6 Å². The molecule has 1 saturated heterocycles. The number of likely N-dealkylation sites (tertiary alicyclic amines) is 1. The molecule has 1 saturated carbocycles. The minimum absolute atomic E-state index is 0.0789. The summed E-state index contributed by atoms with van der Waals surface area (Å²) in [6.07, 6.45) is 4.20. The highest BCUT2D eigenvalue weighted by molar-refractivity contribution is 9.10. The Kier molecular flexibility index (Phi) is 7.90. The molecule has 5 heterocycles. The predicted molar refractivity (Wildman–Crippen MR) is 193 cm³/mol. The highest BCUT2D eigenvalue weighted by Crippen LogP contribution is 2.60. The first-order chi connectivity index (χ1) is 24.8. The highest BCUT2D eigenvalue weighted by Gasteiger charge is 2.68. The van der Waals surface area contributed by atoms with Crippen LogP contribution in [-0.4, -0.2) is 82.6 Å². The molecule has 2 aliphatic heterocycles. The predicted octanol–water partition coefficient (Wildman–Crippen LogP) is 5.07. The Balaban J connectivity index is 1.13. The van der Waals surface area contributed by atoms with E-state index in [4.69, 9.17) is 0 Å². The number of imide groups is 1. The molecule has 1 N–H and O–H groups in total. The number of amides is 4. The maximum Gasteiger partial charge on any atom is 0.261 e. The van der Waals surface area contributed by atoms with Crippen LogP contribution in [0.2, 0.25) is 0 Å². The van der Waals surface area contributed by atoms with E-state index in [0.717, 1.165) is 22.3 Å². The zero-order valence-corrected chi connectivity index (χ0v) is 30.4. The van der Waals surface area contributed by atoms with Gasteiger partial charge >= 0.3 is 0 Å². The molecule has 3 atom stereocenters. The van der Waals surface area contributed by atoms with Crippen LogP contribution in [-0.2, 0) is 16.1 Å². The molecule has 0 bridgehead atoms. The fraction of sp³-hybridized carbons (Fsp3) is 0.289. The molecule has 0 radical (unpaired) electrons. The van der Waals surface area contributed by atoms with Gasteiger partial charge in [-0.15, -0.1) is 0 Å². The Morgan fingerprint density at radius 3 is 2.29 bits per heavy atom. The number of anilines is 1. The number of benzene rings is 2. The van der Waals surface area contributed by atoms with Gasteiger partial charge in [-0.1, -0.05) is 18.2 Å². The van der Waals surface area contributed by atoms with E-state index in [1.165, 1.54) is 16.5 Å². The largest absolute Gasteiger partial charge is 0.325 e. The molecule has 13 nitrogen and oxygen atoms in total. The summed E-state index contributed by atoms with van der Waals surface area (Å²) in [5.41, 5.74) is 3.99. The van der Waals surface area contributed by atoms with Gasteiger partial charge in [-0.05, 0) is 96.6 Å². The van der Waals surface area contributed by atoms with Gasteiger partial charge < -0.3 is 10.2 Å². The molecule has 14 heteroatoms. The number of aromatic nitrogens is 5. The van der Waals surface area contributed by atoms with E-state index in [-0.39, 0.29) is 48.7 Å². The number of carbonyl (C=O) groups excluding carboxylic acids is 5. The third-order valence-corrected chi connectivity index (χ3v) is 10.9. The lowest BCUT2D eigenvalue weighted by atomic mass is 9.98. The van der Waals surface area contributed by atoms with Crippen LogP contribution in [0.15, 0.2) is 65.5 Å². The standard InChI is InChI=1S/C38H33BrN8O5/c1-19-9-10-30(39)42-34(19)43-35(50)28-13-38(18-45-36(51)25-7-5-6-8-26(25)37(45)52)14-29(38)47(28)31(49)17-46-33-20(2)11-23(24-15-40-22(4)41-16-24)12-27(33)32(44-46)21(3)48/h5-12,15-16,28-29H,13-14,17-18H2,1-4H3,(H,42,43,50)/t28-,29+,38-/m0/s1. The summed E-state index contributed by atoms with van der Waals surface area (Å²) >= 11 is 3.36. The summed E-state index contributed by atoms with van der Waals surface area (Å²) in [7, 11) is 0. The quantitative estimate of drug-likeness (QED) is 0.129. The topological polar surface area (TPSA) is 160 Å². The minimum atomic E-state index is -0.912. The molecule has 3 aromatic heterocycles. The SMILES string of the molecule is CC(=O)c1nn(CC(=O)N2[C@H](C(=O)Nc3nc(Br)ccc3C)C[C@@]3(CN4C(=O)c5ccccc5C4=O)C[C@@H]23)c2c(C)cc(-c3cnc(C)nc3)cc12. The summed E-state index contributed by atoms with van der Waals surface area (Å²) in [5, 5.41) is 8.13. The number of nitrogens with one attached hydrogen (secondary N) is 1. The zero-order valence-electron chi connectivity index (χ0n) is 28.8. The lowest BCUT2D eigenvalue weighted by Crippen LogP contribution is -2.47. The Labute approximate surface area is 306 Å². The van der Waals surface area contributed by atoms with E-state index < -0.39 is 23.4 Å². The number of Topliss-reactive ketones (excluding diaryl/α,β-unsaturated/α-hetero) is 1. The summed E-state index contributed by atoms with van der Waals surface area (Å²) in [6, 6.07) is 12.8. The fourth-order valence-corrected chi connectivity index (χ4v) is 8.10. The minimum Gasteiger partial charge on any atom is -0.325 e. The number of hydrogen-bond acceptors (Lipinski definition) is 9. The number of pyridine rings is 1. The highest BCUT2D eigenvalue weighted by atomic mass is 79.9. The molecule has 2 fully saturated rings. The fourth-order valence-electron chi connectivity index (χ4n) is 7.79. The van der Waals surface area contributed by atoms with Crippen LogP contribution in [0.25, 0.3) is 22.0 Å². The summed E-state index contributed by atoms with van der Waals surface area (Å²) in [4.78, 5) is 84.0.